The molecule has 1 aromatic carbocycles. The fraction of sp³-hybridized carbons (Fsp3) is 0.609. The van der Waals surface area contributed by atoms with Gasteiger partial charge in [0.05, 0.1) is 0 Å². The van der Waals surface area contributed by atoms with E-state index in [1.54, 1.807) is 5.48 Å². The van der Waals surface area contributed by atoms with Crippen LogP contribution in [0, 0.1) is 0 Å². The van der Waals surface area contributed by atoms with E-state index in [2.05, 4.69) is 34.9 Å². The lowest BCUT2D eigenvalue weighted by Gasteiger charge is -2.16. The van der Waals surface area contributed by atoms with Gasteiger partial charge in [0.15, 0.2) is 0 Å². The first-order chi connectivity index (χ1) is 15.0. The Hall–Kier alpha value is -2.61. The van der Waals surface area contributed by atoms with Gasteiger partial charge in [0.2, 0.25) is 5.91 Å². The lowest BCUT2D eigenvalue weighted by atomic mass is 10.0. The van der Waals surface area contributed by atoms with Crippen molar-refractivity contribution in [3.63, 3.8) is 0 Å². The molecule has 8 nitrogen and oxygen atoms in total. The zero-order valence-corrected chi connectivity index (χ0v) is 18.4. The summed E-state index contributed by atoms with van der Waals surface area (Å²) in [5.41, 5.74) is 7.98. The van der Waals surface area contributed by atoms with Crippen LogP contribution in [0.4, 0.5) is 4.79 Å². The molecule has 4 amide bonds. The van der Waals surface area contributed by atoms with Crippen LogP contribution in [0.1, 0.15) is 76.2 Å². The highest BCUT2D eigenvalue weighted by Gasteiger charge is 2.19. The molecule has 1 atom stereocenters. The fourth-order valence-electron chi connectivity index (χ4n) is 3.44. The Labute approximate surface area is 185 Å². The average Bonchev–Trinajstić information content (AvgIpc) is 2.76. The van der Waals surface area contributed by atoms with Gasteiger partial charge in [-0.3, -0.25) is 14.8 Å². The number of urea groups is 1. The minimum absolute atomic E-state index is 0.188. The van der Waals surface area contributed by atoms with Gasteiger partial charge in [0.1, 0.15) is 6.04 Å². The summed E-state index contributed by atoms with van der Waals surface area (Å²) in [7, 11) is 0. The zero-order chi connectivity index (χ0) is 22.7. The topological polar surface area (TPSA) is 134 Å². The highest BCUT2D eigenvalue weighted by molar-refractivity contribution is 5.86. The van der Waals surface area contributed by atoms with Crippen LogP contribution in [-0.4, -0.2) is 35.6 Å². The minimum atomic E-state index is -0.782. The first-order valence-electron chi connectivity index (χ1n) is 11.3. The van der Waals surface area contributed by atoms with Gasteiger partial charge in [-0.15, -0.1) is 0 Å². The number of nitrogens with one attached hydrogen (secondary N) is 3. The number of hydroxylamine groups is 1. The van der Waals surface area contributed by atoms with E-state index in [1.807, 2.05) is 6.07 Å². The van der Waals surface area contributed by atoms with Crippen molar-refractivity contribution in [3.8, 4) is 0 Å². The van der Waals surface area contributed by atoms with Crippen molar-refractivity contribution in [2.24, 2.45) is 5.73 Å². The Morgan fingerprint density at radius 2 is 1.52 bits per heavy atom. The molecule has 0 aliphatic heterocycles. The number of hydrogen-bond acceptors (Lipinski definition) is 4. The Morgan fingerprint density at radius 1 is 0.871 bits per heavy atom. The molecule has 0 aromatic heterocycles. The quantitative estimate of drug-likeness (QED) is 0.146. The molecule has 0 saturated carbocycles. The number of primary amides is 1. The fourth-order valence-corrected chi connectivity index (χ4v) is 3.44. The van der Waals surface area contributed by atoms with Crippen molar-refractivity contribution in [1.29, 1.82) is 0 Å². The smallest absolute Gasteiger partial charge is 0.312 e. The summed E-state index contributed by atoms with van der Waals surface area (Å²) in [6.45, 7) is 0.406. The van der Waals surface area contributed by atoms with Crippen LogP contribution < -0.4 is 21.8 Å². The maximum atomic E-state index is 12.1. The molecular weight excluding hydrogens is 396 g/mol. The van der Waals surface area contributed by atoms with E-state index in [1.165, 1.54) is 31.2 Å². The summed E-state index contributed by atoms with van der Waals surface area (Å²) in [6.07, 6.45) is 10.8. The molecule has 6 N–H and O–H groups in total. The Balaban J connectivity index is 2.06. The Kier molecular flexibility index (Phi) is 14.6. The van der Waals surface area contributed by atoms with Crippen LogP contribution in [-0.2, 0) is 16.0 Å². The molecule has 0 aliphatic carbocycles. The maximum Gasteiger partial charge on any atom is 0.312 e. The summed E-state index contributed by atoms with van der Waals surface area (Å²) in [6, 6.07) is 9.16. The lowest BCUT2D eigenvalue weighted by molar-refractivity contribution is -0.135. The van der Waals surface area contributed by atoms with Gasteiger partial charge in [-0.1, -0.05) is 62.4 Å². The van der Waals surface area contributed by atoms with Crippen LogP contribution in [0.2, 0.25) is 0 Å². The maximum absolute atomic E-state index is 12.1. The average molecular weight is 435 g/mol. The summed E-state index contributed by atoms with van der Waals surface area (Å²) >= 11 is 0. The second-order valence-electron chi connectivity index (χ2n) is 7.84. The zero-order valence-electron chi connectivity index (χ0n) is 18.4. The molecule has 1 rings (SSSR count). The predicted octanol–water partition coefficient (Wildman–Crippen LogP) is 3.18. The van der Waals surface area contributed by atoms with E-state index >= 15 is 0 Å². The summed E-state index contributed by atoms with van der Waals surface area (Å²) in [5, 5.41) is 14.0. The standard InChI is InChI=1S/C23H38N4O4/c24-23(30)25-18-12-11-16-20(22(29)27-31)26-21(28)17-10-5-3-1-2-4-7-13-19-14-8-6-9-15-19/h6,8-9,14-15,20,31H,1-5,7,10-13,16-18H2,(H,26,28)(H,27,29)(H3,24,25,30)/t20-/m1/s1. The summed E-state index contributed by atoms with van der Waals surface area (Å²) in [4.78, 5) is 34.5. The van der Waals surface area contributed by atoms with Crippen molar-refractivity contribution >= 4 is 17.8 Å². The molecule has 174 valence electrons. The van der Waals surface area contributed by atoms with Crippen LogP contribution in [0.3, 0.4) is 0 Å². The SMILES string of the molecule is NC(=O)NCCCC[C@@H](NC(=O)CCCCCCCCCc1ccccc1)C(=O)NO. The molecule has 31 heavy (non-hydrogen) atoms. The van der Waals surface area contributed by atoms with Crippen molar-refractivity contribution in [2.45, 2.75) is 83.1 Å². The highest BCUT2D eigenvalue weighted by atomic mass is 16.5. The van der Waals surface area contributed by atoms with E-state index in [0.717, 1.165) is 25.7 Å². The highest BCUT2D eigenvalue weighted by Crippen LogP contribution is 2.11. The molecule has 0 spiro atoms. The van der Waals surface area contributed by atoms with Crippen LogP contribution in [0.15, 0.2) is 30.3 Å². The molecule has 0 bridgehead atoms. The molecule has 0 radical (unpaired) electrons. The molecule has 0 saturated heterocycles. The van der Waals surface area contributed by atoms with E-state index in [4.69, 9.17) is 10.9 Å². The monoisotopic (exact) mass is 434 g/mol. The molecule has 0 fully saturated rings. The van der Waals surface area contributed by atoms with Gasteiger partial charge in [-0.05, 0) is 44.1 Å². The summed E-state index contributed by atoms with van der Waals surface area (Å²) < 4.78 is 0. The number of nitrogens with two attached hydrogens (primary N) is 1. The second-order valence-corrected chi connectivity index (χ2v) is 7.84. The lowest BCUT2D eigenvalue weighted by Crippen LogP contribution is -2.45. The number of amides is 4. The van der Waals surface area contributed by atoms with E-state index < -0.39 is 18.0 Å². The van der Waals surface area contributed by atoms with E-state index in [9.17, 15) is 14.4 Å². The van der Waals surface area contributed by atoms with Crippen molar-refractivity contribution < 1.29 is 19.6 Å². The van der Waals surface area contributed by atoms with Gasteiger partial charge in [-0.25, -0.2) is 10.3 Å². The molecular formula is C23H38N4O4. The minimum Gasteiger partial charge on any atom is -0.352 e. The number of aryl methyl sites for hydroxylation is 1. The van der Waals surface area contributed by atoms with Gasteiger partial charge in [0.25, 0.3) is 5.91 Å². The number of benzene rings is 1. The van der Waals surface area contributed by atoms with Crippen LogP contribution in [0.5, 0.6) is 0 Å². The van der Waals surface area contributed by atoms with Gasteiger partial charge >= 0.3 is 6.03 Å². The predicted molar refractivity (Wildman–Crippen MR) is 120 cm³/mol. The second kappa shape index (κ2) is 17.1. The third-order valence-electron chi connectivity index (χ3n) is 5.19. The molecule has 1 aromatic rings. The number of rotatable bonds is 17. The van der Waals surface area contributed by atoms with Gasteiger partial charge in [-0.2, -0.15) is 0 Å². The number of carbonyl (C=O) groups is 3. The number of hydrogen-bond donors (Lipinski definition) is 5. The molecule has 0 unspecified atom stereocenters. The largest absolute Gasteiger partial charge is 0.352 e. The van der Waals surface area contributed by atoms with E-state index in [0.29, 0.717) is 32.2 Å². The molecule has 0 heterocycles. The summed E-state index contributed by atoms with van der Waals surface area (Å²) in [5.74, 6) is -0.821. The first-order valence-corrected chi connectivity index (χ1v) is 11.3. The van der Waals surface area contributed by atoms with Crippen LogP contribution in [0.25, 0.3) is 0 Å². The normalized spacial score (nSPS) is 11.5. The number of unbranched alkanes of at least 4 members (excludes halogenated alkanes) is 7. The Morgan fingerprint density at radius 3 is 2.16 bits per heavy atom. The van der Waals surface area contributed by atoms with Crippen molar-refractivity contribution in [1.82, 2.24) is 16.1 Å². The molecule has 8 heteroatoms. The third-order valence-corrected chi connectivity index (χ3v) is 5.19. The first kappa shape index (κ1) is 26.4. The van der Waals surface area contributed by atoms with Crippen LogP contribution >= 0.6 is 0 Å². The molecule has 0 aliphatic rings. The van der Waals surface area contributed by atoms with Gasteiger partial charge in [0, 0.05) is 13.0 Å². The van der Waals surface area contributed by atoms with Crippen molar-refractivity contribution in [2.75, 3.05) is 6.54 Å². The van der Waals surface area contributed by atoms with Gasteiger partial charge < -0.3 is 16.4 Å². The van der Waals surface area contributed by atoms with Crippen molar-refractivity contribution in [3.05, 3.63) is 35.9 Å². The number of carbonyl (C=O) groups excluding carboxylic acids is 3. The Bertz CT molecular complexity index is 640. The van der Waals surface area contributed by atoms with E-state index in [-0.39, 0.29) is 5.91 Å². The third kappa shape index (κ3) is 14.1.